The molecule has 4 aliphatic carbocycles. The summed E-state index contributed by atoms with van der Waals surface area (Å²) in [6, 6.07) is 11.0. The van der Waals surface area contributed by atoms with Crippen molar-refractivity contribution in [2.45, 2.75) is 77.3 Å². The third kappa shape index (κ3) is 4.95. The van der Waals surface area contributed by atoms with Crippen molar-refractivity contribution in [1.29, 1.82) is 0 Å². The first kappa shape index (κ1) is 20.4. The van der Waals surface area contributed by atoms with Crippen LogP contribution in [-0.2, 0) is 6.42 Å². The molecule has 148 valence electrons. The highest BCUT2D eigenvalue weighted by molar-refractivity contribution is 5.16. The van der Waals surface area contributed by atoms with E-state index in [2.05, 4.69) is 62.9 Å². The smallest absolute Gasteiger partial charge is 0.0598 e. The SMILES string of the molecule is C#CCN(C)[C@H](C)Cc1ccccc1.CC12CC3CC(C)(C1)CC(N)(C3)C2. The Labute approximate surface area is 166 Å². The van der Waals surface area contributed by atoms with Crippen LogP contribution in [-0.4, -0.2) is 30.1 Å². The standard InChI is InChI=1S/C13H17N.C12H21N/c1-4-10-14(3)12(2)11-13-8-6-5-7-9-13;1-10-3-9-4-11(2,6-10)8-12(13,5-9)7-10/h1,5-9,12H,10-11H2,2-3H3;9H,3-8,13H2,1-2H3/t12-;/m1./s1. The van der Waals surface area contributed by atoms with Gasteiger partial charge in [0.1, 0.15) is 0 Å². The lowest BCUT2D eigenvalue weighted by Crippen LogP contribution is -2.62. The first-order chi connectivity index (χ1) is 12.6. The van der Waals surface area contributed by atoms with E-state index in [-0.39, 0.29) is 5.54 Å². The largest absolute Gasteiger partial charge is 0.325 e. The minimum absolute atomic E-state index is 0.225. The van der Waals surface area contributed by atoms with Gasteiger partial charge in [0.25, 0.3) is 0 Å². The van der Waals surface area contributed by atoms with Gasteiger partial charge in [-0.05, 0) is 81.2 Å². The second kappa shape index (κ2) is 7.61. The maximum Gasteiger partial charge on any atom is 0.0598 e. The van der Waals surface area contributed by atoms with Crippen LogP contribution in [0.25, 0.3) is 0 Å². The number of benzene rings is 1. The molecule has 4 fully saturated rings. The number of nitrogens with two attached hydrogens (primary N) is 1. The number of hydrogen-bond donors (Lipinski definition) is 1. The summed E-state index contributed by atoms with van der Waals surface area (Å²) in [4.78, 5) is 2.19. The van der Waals surface area contributed by atoms with Crippen LogP contribution in [0.1, 0.15) is 64.9 Å². The molecule has 0 spiro atoms. The quantitative estimate of drug-likeness (QED) is 0.770. The van der Waals surface area contributed by atoms with Crippen LogP contribution in [0, 0.1) is 29.1 Å². The van der Waals surface area contributed by atoms with Crippen molar-refractivity contribution >= 4 is 0 Å². The molecule has 0 heterocycles. The van der Waals surface area contributed by atoms with Gasteiger partial charge in [0.05, 0.1) is 6.54 Å². The summed E-state index contributed by atoms with van der Waals surface area (Å²) in [6.07, 6.45) is 14.6. The molecule has 1 aromatic rings. The second-order valence-corrected chi connectivity index (χ2v) is 10.7. The van der Waals surface area contributed by atoms with Crippen molar-refractivity contribution in [3.63, 3.8) is 0 Å². The highest BCUT2D eigenvalue weighted by Crippen LogP contribution is 2.65. The fourth-order valence-corrected chi connectivity index (χ4v) is 6.95. The normalized spacial score (nSPS) is 37.4. The molecule has 0 amide bonds. The lowest BCUT2D eigenvalue weighted by Gasteiger charge is -2.64. The van der Waals surface area contributed by atoms with Crippen molar-refractivity contribution in [3.05, 3.63) is 35.9 Å². The van der Waals surface area contributed by atoms with Crippen molar-refractivity contribution in [2.24, 2.45) is 22.5 Å². The predicted octanol–water partition coefficient (Wildman–Crippen LogP) is 4.88. The Balaban J connectivity index is 0.000000156. The van der Waals surface area contributed by atoms with E-state index in [1.54, 1.807) is 0 Å². The molecule has 4 bridgehead atoms. The molecule has 2 nitrogen and oxygen atoms in total. The Morgan fingerprint density at radius 2 is 1.70 bits per heavy atom. The van der Waals surface area contributed by atoms with Crippen LogP contribution < -0.4 is 5.73 Å². The summed E-state index contributed by atoms with van der Waals surface area (Å²) in [6.45, 7) is 7.85. The van der Waals surface area contributed by atoms with Gasteiger partial charge in [-0.3, -0.25) is 4.90 Å². The lowest BCUT2D eigenvalue weighted by molar-refractivity contribution is -0.104. The Kier molecular flexibility index (Phi) is 5.76. The van der Waals surface area contributed by atoms with E-state index in [1.165, 1.54) is 44.1 Å². The molecule has 2 heteroatoms. The van der Waals surface area contributed by atoms with E-state index in [9.17, 15) is 0 Å². The third-order valence-corrected chi connectivity index (χ3v) is 7.14. The fourth-order valence-electron chi connectivity index (χ4n) is 6.95. The van der Waals surface area contributed by atoms with Crippen LogP contribution >= 0.6 is 0 Å². The molecule has 0 aromatic heterocycles. The highest BCUT2D eigenvalue weighted by Gasteiger charge is 2.58. The number of nitrogens with zero attached hydrogens (tertiary/aromatic N) is 1. The Hall–Kier alpha value is -1.30. The van der Waals surface area contributed by atoms with E-state index in [0.717, 1.165) is 12.3 Å². The van der Waals surface area contributed by atoms with Crippen molar-refractivity contribution in [2.75, 3.05) is 13.6 Å². The molecule has 27 heavy (non-hydrogen) atoms. The summed E-state index contributed by atoms with van der Waals surface area (Å²) in [5.74, 6) is 3.61. The highest BCUT2D eigenvalue weighted by atomic mass is 15.1. The minimum atomic E-state index is 0.225. The van der Waals surface area contributed by atoms with Gasteiger partial charge in [-0.25, -0.2) is 0 Å². The zero-order valence-corrected chi connectivity index (χ0v) is 17.8. The van der Waals surface area contributed by atoms with E-state index >= 15 is 0 Å². The first-order valence-corrected chi connectivity index (χ1v) is 10.6. The predicted molar refractivity (Wildman–Crippen MR) is 115 cm³/mol. The lowest BCUT2D eigenvalue weighted by atomic mass is 9.43. The zero-order chi connectivity index (χ0) is 19.7. The molecular weight excluding hydrogens is 328 g/mol. The Morgan fingerprint density at radius 3 is 2.19 bits per heavy atom. The molecular formula is C25H38N2. The van der Waals surface area contributed by atoms with Gasteiger partial charge in [0, 0.05) is 11.6 Å². The van der Waals surface area contributed by atoms with Gasteiger partial charge in [0.15, 0.2) is 0 Å². The molecule has 0 saturated heterocycles. The maximum absolute atomic E-state index is 6.49. The Morgan fingerprint density at radius 1 is 1.11 bits per heavy atom. The summed E-state index contributed by atoms with van der Waals surface area (Å²) in [5.41, 5.74) is 9.28. The number of terminal acetylenes is 1. The summed E-state index contributed by atoms with van der Waals surface area (Å²) >= 11 is 0. The van der Waals surface area contributed by atoms with Crippen LogP contribution in [0.15, 0.2) is 30.3 Å². The summed E-state index contributed by atoms with van der Waals surface area (Å²) in [7, 11) is 2.06. The van der Waals surface area contributed by atoms with Gasteiger partial charge < -0.3 is 5.73 Å². The molecule has 1 aromatic carbocycles. The maximum atomic E-state index is 6.49. The van der Waals surface area contributed by atoms with E-state index in [4.69, 9.17) is 12.2 Å². The molecule has 2 N–H and O–H groups in total. The first-order valence-electron chi connectivity index (χ1n) is 10.6. The molecule has 4 saturated carbocycles. The molecule has 5 rings (SSSR count). The third-order valence-electron chi connectivity index (χ3n) is 7.14. The fraction of sp³-hybridized carbons (Fsp3) is 0.680. The molecule has 3 atom stereocenters. The van der Waals surface area contributed by atoms with E-state index in [0.29, 0.717) is 23.4 Å². The van der Waals surface area contributed by atoms with Crippen molar-refractivity contribution in [1.82, 2.24) is 4.90 Å². The summed E-state index contributed by atoms with van der Waals surface area (Å²) in [5, 5.41) is 0. The average molecular weight is 367 g/mol. The average Bonchev–Trinajstić information content (AvgIpc) is 2.52. The molecule has 0 radical (unpaired) electrons. The van der Waals surface area contributed by atoms with Gasteiger partial charge >= 0.3 is 0 Å². The van der Waals surface area contributed by atoms with Crippen LogP contribution in [0.5, 0.6) is 0 Å². The van der Waals surface area contributed by atoms with Crippen molar-refractivity contribution in [3.8, 4) is 12.3 Å². The van der Waals surface area contributed by atoms with Crippen molar-refractivity contribution < 1.29 is 0 Å². The zero-order valence-electron chi connectivity index (χ0n) is 17.8. The molecule has 4 aliphatic rings. The summed E-state index contributed by atoms with van der Waals surface area (Å²) < 4.78 is 0. The number of hydrogen-bond acceptors (Lipinski definition) is 2. The van der Waals surface area contributed by atoms with E-state index in [1.807, 2.05) is 6.07 Å². The minimum Gasteiger partial charge on any atom is -0.325 e. The second-order valence-electron chi connectivity index (χ2n) is 10.7. The number of likely N-dealkylation sites (N-methyl/N-ethyl adjacent to an activating group) is 1. The number of rotatable bonds is 4. The van der Waals surface area contributed by atoms with Gasteiger partial charge in [0.2, 0.25) is 0 Å². The van der Waals surface area contributed by atoms with Crippen LogP contribution in [0.3, 0.4) is 0 Å². The Bertz CT molecular complexity index is 623. The van der Waals surface area contributed by atoms with Gasteiger partial charge in [-0.15, -0.1) is 6.42 Å². The topological polar surface area (TPSA) is 29.3 Å². The van der Waals surface area contributed by atoms with Gasteiger partial charge in [-0.2, -0.15) is 0 Å². The molecule has 0 aliphatic heterocycles. The van der Waals surface area contributed by atoms with E-state index < -0.39 is 0 Å². The van der Waals surface area contributed by atoms with Gasteiger partial charge in [-0.1, -0.05) is 50.1 Å². The van der Waals surface area contributed by atoms with Crippen LogP contribution in [0.4, 0.5) is 0 Å². The monoisotopic (exact) mass is 366 g/mol. The van der Waals surface area contributed by atoms with Crippen LogP contribution in [0.2, 0.25) is 0 Å². The molecule has 2 unspecified atom stereocenters.